The number of anilines is 1. The highest BCUT2D eigenvalue weighted by Crippen LogP contribution is 2.39. The number of carbonyl (C=O) groups is 2. The van der Waals surface area contributed by atoms with Gasteiger partial charge in [0.05, 0.1) is 0 Å². The van der Waals surface area contributed by atoms with Crippen molar-refractivity contribution in [2.75, 3.05) is 31.5 Å². The Labute approximate surface area is 137 Å². The normalized spacial score (nSPS) is 24.3. The van der Waals surface area contributed by atoms with Crippen LogP contribution in [0, 0.1) is 11.8 Å². The van der Waals surface area contributed by atoms with Gasteiger partial charge in [-0.15, -0.1) is 0 Å². The molecule has 5 nitrogen and oxygen atoms in total. The summed E-state index contributed by atoms with van der Waals surface area (Å²) in [6.07, 6.45) is 1.06. The molecule has 0 spiro atoms. The Hall–Kier alpha value is -1.88. The molecule has 1 heterocycles. The third-order valence-corrected chi connectivity index (χ3v) is 4.76. The van der Waals surface area contributed by atoms with Gasteiger partial charge in [0.15, 0.2) is 0 Å². The molecule has 1 saturated heterocycles. The lowest BCUT2D eigenvalue weighted by Gasteiger charge is -2.35. The lowest BCUT2D eigenvalue weighted by atomic mass is 10.1. The van der Waals surface area contributed by atoms with E-state index in [4.69, 9.17) is 0 Å². The van der Waals surface area contributed by atoms with Crippen LogP contribution in [0.5, 0.6) is 0 Å². The Kier molecular flexibility index (Phi) is 4.66. The molecule has 124 valence electrons. The first-order chi connectivity index (χ1) is 11.0. The molecule has 2 amide bonds. The van der Waals surface area contributed by atoms with Crippen molar-refractivity contribution in [3.05, 3.63) is 29.8 Å². The highest BCUT2D eigenvalue weighted by Gasteiger charge is 2.41. The van der Waals surface area contributed by atoms with Gasteiger partial charge in [-0.1, -0.05) is 19.1 Å². The first-order valence-corrected chi connectivity index (χ1v) is 8.40. The zero-order chi connectivity index (χ0) is 16.4. The number of rotatable bonds is 4. The topological polar surface area (TPSA) is 52.7 Å². The number of amides is 2. The Morgan fingerprint density at radius 2 is 1.91 bits per heavy atom. The summed E-state index contributed by atoms with van der Waals surface area (Å²) < 4.78 is 0. The molecule has 2 fully saturated rings. The highest BCUT2D eigenvalue weighted by molar-refractivity contribution is 5.88. The second kappa shape index (κ2) is 6.71. The van der Waals surface area contributed by atoms with Crippen molar-refractivity contribution >= 4 is 17.5 Å². The summed E-state index contributed by atoms with van der Waals surface area (Å²) in [5.74, 6) is 1.17. The number of hydrogen-bond donors (Lipinski definition) is 1. The number of nitrogens with one attached hydrogen (secondary N) is 1. The highest BCUT2D eigenvalue weighted by atomic mass is 16.2. The van der Waals surface area contributed by atoms with Gasteiger partial charge < -0.3 is 10.2 Å². The second-order valence-corrected chi connectivity index (χ2v) is 6.80. The molecule has 0 aromatic heterocycles. The molecule has 1 saturated carbocycles. The Bertz CT molecular complexity index is 594. The first kappa shape index (κ1) is 16.0. The summed E-state index contributed by atoms with van der Waals surface area (Å²) in [5, 5.41) is 2.82. The minimum Gasteiger partial charge on any atom is -0.340 e. The maximum atomic E-state index is 12.3. The van der Waals surface area contributed by atoms with Crippen LogP contribution in [0.2, 0.25) is 0 Å². The molecule has 1 aliphatic carbocycles. The Balaban J connectivity index is 1.50. The predicted molar refractivity (Wildman–Crippen MR) is 89.9 cm³/mol. The van der Waals surface area contributed by atoms with Crippen molar-refractivity contribution in [3.8, 4) is 0 Å². The summed E-state index contributed by atoms with van der Waals surface area (Å²) in [6, 6.07) is 7.96. The molecule has 2 atom stereocenters. The van der Waals surface area contributed by atoms with Crippen molar-refractivity contribution in [1.82, 2.24) is 9.80 Å². The van der Waals surface area contributed by atoms with Crippen LogP contribution >= 0.6 is 0 Å². The number of nitrogens with zero attached hydrogens (tertiary/aromatic N) is 2. The van der Waals surface area contributed by atoms with E-state index in [1.165, 1.54) is 12.5 Å². The maximum absolute atomic E-state index is 12.3. The van der Waals surface area contributed by atoms with Gasteiger partial charge in [-0.05, 0) is 30.0 Å². The van der Waals surface area contributed by atoms with Crippen molar-refractivity contribution in [3.63, 3.8) is 0 Å². The standard InChI is InChI=1S/C18H25N3O2/c1-13-10-17(13)18(23)21-8-6-20(7-9-21)12-15-4-3-5-16(11-15)19-14(2)22/h3-5,11,13,17H,6-10,12H2,1-2H3,(H,19,22)/t13-,17-/m0/s1. The number of carbonyl (C=O) groups excluding carboxylic acids is 2. The predicted octanol–water partition coefficient (Wildman–Crippen LogP) is 1.95. The fourth-order valence-electron chi connectivity index (χ4n) is 3.24. The van der Waals surface area contributed by atoms with Crippen molar-refractivity contribution in [2.45, 2.75) is 26.8 Å². The van der Waals surface area contributed by atoms with E-state index in [1.807, 2.05) is 23.1 Å². The summed E-state index contributed by atoms with van der Waals surface area (Å²) in [6.45, 7) is 8.01. The fraction of sp³-hybridized carbons (Fsp3) is 0.556. The molecule has 1 aromatic rings. The minimum atomic E-state index is -0.0522. The fourth-order valence-corrected chi connectivity index (χ4v) is 3.24. The van der Waals surface area contributed by atoms with Gasteiger partial charge >= 0.3 is 0 Å². The lowest BCUT2D eigenvalue weighted by Crippen LogP contribution is -2.48. The van der Waals surface area contributed by atoms with Gasteiger partial charge in [0.2, 0.25) is 11.8 Å². The summed E-state index contributed by atoms with van der Waals surface area (Å²) in [4.78, 5) is 27.8. The van der Waals surface area contributed by atoms with Crippen LogP contribution in [0.4, 0.5) is 5.69 Å². The summed E-state index contributed by atoms with van der Waals surface area (Å²) in [7, 11) is 0. The minimum absolute atomic E-state index is 0.0522. The van der Waals surface area contributed by atoms with Crippen LogP contribution in [0.15, 0.2) is 24.3 Å². The van der Waals surface area contributed by atoms with E-state index in [-0.39, 0.29) is 11.8 Å². The van der Waals surface area contributed by atoms with Crippen molar-refractivity contribution in [1.29, 1.82) is 0 Å². The van der Waals surface area contributed by atoms with Gasteiger partial charge in [-0.2, -0.15) is 0 Å². The number of benzene rings is 1. The average Bonchev–Trinajstić information content (AvgIpc) is 3.24. The molecule has 5 heteroatoms. The van der Waals surface area contributed by atoms with E-state index in [2.05, 4.69) is 23.2 Å². The average molecular weight is 315 g/mol. The Morgan fingerprint density at radius 1 is 1.22 bits per heavy atom. The molecule has 3 rings (SSSR count). The van der Waals surface area contributed by atoms with E-state index in [9.17, 15) is 9.59 Å². The molecule has 0 bridgehead atoms. The molecule has 1 aliphatic heterocycles. The van der Waals surface area contributed by atoms with E-state index in [0.717, 1.165) is 44.8 Å². The monoisotopic (exact) mass is 315 g/mol. The zero-order valence-corrected chi connectivity index (χ0v) is 13.9. The first-order valence-electron chi connectivity index (χ1n) is 8.40. The molecular formula is C18H25N3O2. The molecule has 2 aliphatic rings. The molecule has 23 heavy (non-hydrogen) atoms. The van der Waals surface area contributed by atoms with Crippen molar-refractivity contribution in [2.24, 2.45) is 11.8 Å². The van der Waals surface area contributed by atoms with E-state index >= 15 is 0 Å². The molecule has 0 radical (unpaired) electrons. The van der Waals surface area contributed by atoms with Crippen molar-refractivity contribution < 1.29 is 9.59 Å². The third-order valence-electron chi connectivity index (χ3n) is 4.76. The zero-order valence-electron chi connectivity index (χ0n) is 13.9. The largest absolute Gasteiger partial charge is 0.340 e. The van der Waals surface area contributed by atoms with Crippen LogP contribution in [0.25, 0.3) is 0 Å². The SMILES string of the molecule is CC(=O)Nc1cccc(CN2CCN(C(=O)[C@H]3C[C@@H]3C)CC2)c1. The Morgan fingerprint density at radius 3 is 2.52 bits per heavy atom. The van der Waals surface area contributed by atoms with E-state index in [0.29, 0.717) is 11.8 Å². The van der Waals surface area contributed by atoms with Gasteiger partial charge in [0.1, 0.15) is 0 Å². The van der Waals surface area contributed by atoms with Gasteiger partial charge in [0.25, 0.3) is 0 Å². The van der Waals surface area contributed by atoms with Crippen LogP contribution in [0.1, 0.15) is 25.8 Å². The smallest absolute Gasteiger partial charge is 0.226 e. The third kappa shape index (κ3) is 4.10. The maximum Gasteiger partial charge on any atom is 0.226 e. The van der Waals surface area contributed by atoms with Gasteiger partial charge in [-0.25, -0.2) is 0 Å². The van der Waals surface area contributed by atoms with E-state index < -0.39 is 0 Å². The molecule has 1 aromatic carbocycles. The molecular weight excluding hydrogens is 290 g/mol. The van der Waals surface area contributed by atoms with Gasteiger partial charge in [0, 0.05) is 51.3 Å². The van der Waals surface area contributed by atoms with Crippen LogP contribution in [-0.2, 0) is 16.1 Å². The molecule has 1 N–H and O–H groups in total. The van der Waals surface area contributed by atoms with Crippen LogP contribution in [-0.4, -0.2) is 47.8 Å². The summed E-state index contributed by atoms with van der Waals surface area (Å²) >= 11 is 0. The van der Waals surface area contributed by atoms with Crippen LogP contribution in [0.3, 0.4) is 0 Å². The quantitative estimate of drug-likeness (QED) is 0.924. The number of hydrogen-bond acceptors (Lipinski definition) is 3. The van der Waals surface area contributed by atoms with E-state index in [1.54, 1.807) is 0 Å². The number of piperazine rings is 1. The summed E-state index contributed by atoms with van der Waals surface area (Å²) in [5.41, 5.74) is 2.03. The van der Waals surface area contributed by atoms with Crippen LogP contribution < -0.4 is 5.32 Å². The lowest BCUT2D eigenvalue weighted by molar-refractivity contribution is -0.134. The van der Waals surface area contributed by atoms with Gasteiger partial charge in [-0.3, -0.25) is 14.5 Å². The second-order valence-electron chi connectivity index (χ2n) is 6.80. The molecule has 0 unspecified atom stereocenters.